The third-order valence-corrected chi connectivity index (χ3v) is 5.25. The van der Waals surface area contributed by atoms with Crippen LogP contribution in [0.2, 0.25) is 0 Å². The quantitative estimate of drug-likeness (QED) is 0.809. The molecule has 0 aliphatic carbocycles. The minimum absolute atomic E-state index is 0.0981. The average Bonchev–Trinajstić information content (AvgIpc) is 3.18. The lowest BCUT2D eigenvalue weighted by molar-refractivity contribution is -0.131. The Bertz CT molecular complexity index is 563. The van der Waals surface area contributed by atoms with E-state index in [1.165, 1.54) is 0 Å². The number of hydrogen-bond donors (Lipinski definition) is 0. The van der Waals surface area contributed by atoms with Crippen molar-refractivity contribution in [3.8, 4) is 0 Å². The topological polar surface area (TPSA) is 54.9 Å². The number of hydrogen-bond acceptors (Lipinski definition) is 6. The highest BCUT2D eigenvalue weighted by Gasteiger charge is 2.47. The average molecular weight is 339 g/mol. The van der Waals surface area contributed by atoms with Gasteiger partial charge in [0.15, 0.2) is 0 Å². The van der Waals surface area contributed by atoms with Gasteiger partial charge in [0, 0.05) is 24.9 Å². The highest BCUT2D eigenvalue weighted by atomic mass is 32.1. The fraction of sp³-hybridized carbons (Fsp3) is 0.750. The van der Waals surface area contributed by atoms with Gasteiger partial charge in [-0.2, -0.15) is 0 Å². The Morgan fingerprint density at radius 1 is 1.61 bits per heavy atom. The summed E-state index contributed by atoms with van der Waals surface area (Å²) >= 11 is 1.64. The second kappa shape index (κ2) is 6.84. The third-order valence-electron chi connectivity index (χ3n) is 4.43. The molecule has 3 rings (SSSR count). The van der Waals surface area contributed by atoms with Crippen molar-refractivity contribution >= 4 is 17.2 Å². The maximum atomic E-state index is 12.2. The molecule has 0 saturated carbocycles. The SMILES string of the molecule is Cc1nc(CO[C@@H]2CO[C@@]3(CCN(C(=O)CN(C)C)C3)C2)cs1. The monoisotopic (exact) mass is 339 g/mol. The van der Waals surface area contributed by atoms with Crippen molar-refractivity contribution in [2.45, 2.75) is 38.1 Å². The van der Waals surface area contributed by atoms with Crippen LogP contribution < -0.4 is 0 Å². The minimum atomic E-state index is -0.204. The van der Waals surface area contributed by atoms with Crippen molar-refractivity contribution in [2.24, 2.45) is 0 Å². The zero-order chi connectivity index (χ0) is 16.4. The van der Waals surface area contributed by atoms with Crippen LogP contribution in [0.5, 0.6) is 0 Å². The molecule has 1 amide bonds. The number of rotatable bonds is 5. The molecule has 1 spiro atoms. The van der Waals surface area contributed by atoms with Crippen LogP contribution in [-0.4, -0.2) is 72.7 Å². The van der Waals surface area contributed by atoms with E-state index in [1.807, 2.05) is 36.2 Å². The lowest BCUT2D eigenvalue weighted by atomic mass is 9.98. The van der Waals surface area contributed by atoms with Crippen LogP contribution in [0.4, 0.5) is 0 Å². The van der Waals surface area contributed by atoms with Gasteiger partial charge in [0.2, 0.25) is 5.91 Å². The van der Waals surface area contributed by atoms with Crippen LogP contribution in [0.3, 0.4) is 0 Å². The lowest BCUT2D eigenvalue weighted by Gasteiger charge is -2.24. The molecule has 2 aliphatic heterocycles. The molecular weight excluding hydrogens is 314 g/mol. The van der Waals surface area contributed by atoms with Crippen molar-refractivity contribution in [3.63, 3.8) is 0 Å². The van der Waals surface area contributed by atoms with Gasteiger partial charge >= 0.3 is 0 Å². The normalized spacial score (nSPS) is 27.5. The predicted molar refractivity (Wildman–Crippen MR) is 88.5 cm³/mol. The summed E-state index contributed by atoms with van der Waals surface area (Å²) in [7, 11) is 3.83. The molecule has 128 valence electrons. The molecule has 1 aromatic rings. The van der Waals surface area contributed by atoms with E-state index in [-0.39, 0.29) is 17.6 Å². The van der Waals surface area contributed by atoms with Crippen molar-refractivity contribution in [1.29, 1.82) is 0 Å². The summed E-state index contributed by atoms with van der Waals surface area (Å²) in [4.78, 5) is 20.4. The number of carbonyl (C=O) groups is 1. The number of nitrogens with zero attached hydrogens (tertiary/aromatic N) is 3. The molecule has 0 bridgehead atoms. The highest BCUT2D eigenvalue weighted by molar-refractivity contribution is 7.09. The zero-order valence-corrected chi connectivity index (χ0v) is 14.9. The molecule has 0 radical (unpaired) electrons. The number of aromatic nitrogens is 1. The molecule has 0 aromatic carbocycles. The number of amides is 1. The lowest BCUT2D eigenvalue weighted by Crippen LogP contribution is -2.39. The van der Waals surface area contributed by atoms with E-state index in [1.54, 1.807) is 11.3 Å². The van der Waals surface area contributed by atoms with E-state index >= 15 is 0 Å². The maximum absolute atomic E-state index is 12.2. The molecule has 7 heteroatoms. The predicted octanol–water partition coefficient (Wildman–Crippen LogP) is 1.29. The van der Waals surface area contributed by atoms with Crippen molar-refractivity contribution in [3.05, 3.63) is 16.1 Å². The smallest absolute Gasteiger partial charge is 0.236 e. The van der Waals surface area contributed by atoms with Crippen LogP contribution in [0.15, 0.2) is 5.38 Å². The van der Waals surface area contributed by atoms with E-state index in [2.05, 4.69) is 4.98 Å². The van der Waals surface area contributed by atoms with Gasteiger partial charge in [-0.05, 0) is 27.4 Å². The Morgan fingerprint density at radius 2 is 2.43 bits per heavy atom. The van der Waals surface area contributed by atoms with E-state index in [9.17, 15) is 4.79 Å². The van der Waals surface area contributed by atoms with Gasteiger partial charge in [-0.25, -0.2) is 4.98 Å². The number of likely N-dealkylation sites (tertiary alicyclic amines) is 1. The summed E-state index contributed by atoms with van der Waals surface area (Å²) in [6.45, 7) is 5.08. The third kappa shape index (κ3) is 4.09. The standard InChI is InChI=1S/C16H25N3O3S/c1-12-17-13(10-23-12)8-21-14-6-16(22-9-14)4-5-19(11-16)15(20)7-18(2)3/h10,14H,4-9,11H2,1-3H3/t14-,16-/m0/s1. The molecule has 2 atom stereocenters. The maximum Gasteiger partial charge on any atom is 0.236 e. The van der Waals surface area contributed by atoms with Gasteiger partial charge in [-0.1, -0.05) is 0 Å². The molecule has 2 aliphatic rings. The first kappa shape index (κ1) is 16.8. The summed E-state index contributed by atoms with van der Waals surface area (Å²) < 4.78 is 12.0. The molecule has 1 aromatic heterocycles. The van der Waals surface area contributed by atoms with Gasteiger partial charge < -0.3 is 19.3 Å². The van der Waals surface area contributed by atoms with Gasteiger partial charge in [0.05, 0.1) is 42.2 Å². The number of ether oxygens (including phenoxy) is 2. The van der Waals surface area contributed by atoms with E-state index in [0.717, 1.165) is 30.1 Å². The largest absolute Gasteiger partial charge is 0.370 e. The summed E-state index contributed by atoms with van der Waals surface area (Å²) in [5.74, 6) is 0.179. The number of aryl methyl sites for hydroxylation is 1. The Morgan fingerprint density at radius 3 is 3.13 bits per heavy atom. The molecule has 23 heavy (non-hydrogen) atoms. The van der Waals surface area contributed by atoms with Crippen LogP contribution in [0.25, 0.3) is 0 Å². The molecule has 6 nitrogen and oxygen atoms in total. The molecule has 2 fully saturated rings. The van der Waals surface area contributed by atoms with E-state index in [4.69, 9.17) is 9.47 Å². The van der Waals surface area contributed by atoms with E-state index < -0.39 is 0 Å². The van der Waals surface area contributed by atoms with Crippen molar-refractivity contribution in [1.82, 2.24) is 14.8 Å². The fourth-order valence-corrected chi connectivity index (χ4v) is 3.90. The summed E-state index contributed by atoms with van der Waals surface area (Å²) in [6.07, 6.45) is 1.87. The van der Waals surface area contributed by atoms with E-state index in [0.29, 0.717) is 26.3 Å². The van der Waals surface area contributed by atoms with Gasteiger partial charge in [0.1, 0.15) is 0 Å². The molecule has 0 N–H and O–H groups in total. The number of thiazole rings is 1. The first-order valence-corrected chi connectivity index (χ1v) is 8.93. The Kier molecular flexibility index (Phi) is 5.01. The van der Waals surface area contributed by atoms with Crippen LogP contribution in [0.1, 0.15) is 23.5 Å². The van der Waals surface area contributed by atoms with Gasteiger partial charge in [-0.15, -0.1) is 11.3 Å². The molecule has 0 unspecified atom stereocenters. The molecule has 3 heterocycles. The first-order chi connectivity index (χ1) is 11.0. The number of carbonyl (C=O) groups excluding carboxylic acids is 1. The zero-order valence-electron chi connectivity index (χ0n) is 14.1. The van der Waals surface area contributed by atoms with Gasteiger partial charge in [-0.3, -0.25) is 4.79 Å². The second-order valence-electron chi connectivity index (χ2n) is 6.79. The first-order valence-electron chi connectivity index (χ1n) is 8.05. The summed E-state index contributed by atoms with van der Waals surface area (Å²) in [6, 6.07) is 0. The molecular formula is C16H25N3O3S. The highest BCUT2D eigenvalue weighted by Crippen LogP contribution is 2.36. The Hall–Kier alpha value is -1.02. The second-order valence-corrected chi connectivity index (χ2v) is 7.85. The van der Waals surface area contributed by atoms with Crippen molar-refractivity contribution < 1.29 is 14.3 Å². The fourth-order valence-electron chi connectivity index (χ4n) is 3.30. The van der Waals surface area contributed by atoms with Crippen LogP contribution >= 0.6 is 11.3 Å². The van der Waals surface area contributed by atoms with Gasteiger partial charge in [0.25, 0.3) is 0 Å². The van der Waals surface area contributed by atoms with Crippen molar-refractivity contribution in [2.75, 3.05) is 40.3 Å². The minimum Gasteiger partial charge on any atom is -0.370 e. The summed E-state index contributed by atoms with van der Waals surface area (Å²) in [5, 5.41) is 3.10. The van der Waals surface area contributed by atoms with Crippen LogP contribution in [0, 0.1) is 6.92 Å². The Balaban J connectivity index is 1.48. The Labute approximate surface area is 141 Å². The van der Waals surface area contributed by atoms with Crippen LogP contribution in [-0.2, 0) is 20.9 Å². The summed E-state index contributed by atoms with van der Waals surface area (Å²) in [5.41, 5.74) is 0.785. The number of likely N-dealkylation sites (N-methyl/N-ethyl adjacent to an activating group) is 1. The molecule has 2 saturated heterocycles.